The van der Waals surface area contributed by atoms with Gasteiger partial charge in [-0.2, -0.15) is 0 Å². The predicted octanol–water partition coefficient (Wildman–Crippen LogP) is 0.629. The Balaban J connectivity index is 3.25. The molecule has 1 unspecified atom stereocenters. The summed E-state index contributed by atoms with van der Waals surface area (Å²) in [4.78, 5) is 0. The second-order valence-corrected chi connectivity index (χ2v) is 2.08. The zero-order chi connectivity index (χ0) is 7.11. The molecule has 0 aliphatic carbocycles. The summed E-state index contributed by atoms with van der Waals surface area (Å²) >= 11 is 0. The van der Waals surface area contributed by atoms with E-state index in [2.05, 4.69) is 13.0 Å². The Kier molecular flexibility index (Phi) is 5.57. The zero-order valence-electron chi connectivity index (χ0n) is 6.01. The maximum atomic E-state index is 5.60. The average molecular weight is 128 g/mol. The third-order valence-corrected chi connectivity index (χ3v) is 1.12. The molecule has 1 atom stereocenters. The fraction of sp³-hybridized carbons (Fsp3) is 0.714. The van der Waals surface area contributed by atoms with Gasteiger partial charge in [0, 0.05) is 6.04 Å². The van der Waals surface area contributed by atoms with E-state index >= 15 is 0 Å². The van der Waals surface area contributed by atoms with Crippen LogP contribution >= 0.6 is 0 Å². The molecule has 0 spiro atoms. The highest BCUT2D eigenvalue weighted by Gasteiger charge is 1.91. The van der Waals surface area contributed by atoms with Crippen LogP contribution in [0, 0.1) is 0 Å². The van der Waals surface area contributed by atoms with E-state index in [9.17, 15) is 0 Å². The molecule has 0 radical (unpaired) electrons. The molecule has 0 aliphatic rings. The van der Waals surface area contributed by atoms with E-state index in [0.29, 0.717) is 6.54 Å². The van der Waals surface area contributed by atoms with E-state index in [1.807, 2.05) is 6.08 Å². The van der Waals surface area contributed by atoms with Crippen molar-refractivity contribution < 1.29 is 0 Å². The Morgan fingerprint density at radius 3 is 2.67 bits per heavy atom. The molecular formula is C7H16N2. The van der Waals surface area contributed by atoms with E-state index in [1.165, 1.54) is 0 Å². The fourth-order valence-electron chi connectivity index (χ4n) is 0.600. The molecule has 9 heavy (non-hydrogen) atoms. The van der Waals surface area contributed by atoms with Crippen molar-refractivity contribution >= 4 is 0 Å². The number of rotatable bonds is 4. The first kappa shape index (κ1) is 8.66. The predicted molar refractivity (Wildman–Crippen MR) is 41.1 cm³/mol. The first-order valence-electron chi connectivity index (χ1n) is 3.43. The molecule has 0 heterocycles. The van der Waals surface area contributed by atoms with Crippen LogP contribution in [-0.2, 0) is 0 Å². The quantitative estimate of drug-likeness (QED) is 0.545. The summed E-state index contributed by atoms with van der Waals surface area (Å²) in [6.45, 7) is 2.76. The molecule has 0 saturated carbocycles. The van der Waals surface area contributed by atoms with E-state index in [1.54, 1.807) is 0 Å². The molecule has 0 fully saturated rings. The summed E-state index contributed by atoms with van der Waals surface area (Å²) in [5.41, 5.74) is 10.9. The van der Waals surface area contributed by atoms with Crippen LogP contribution in [0.15, 0.2) is 12.2 Å². The Hall–Kier alpha value is -0.340. The molecule has 0 bridgehead atoms. The van der Waals surface area contributed by atoms with Crippen molar-refractivity contribution in [2.24, 2.45) is 11.5 Å². The van der Waals surface area contributed by atoms with E-state index in [-0.39, 0.29) is 6.04 Å². The van der Waals surface area contributed by atoms with Gasteiger partial charge in [-0.3, -0.25) is 0 Å². The van der Waals surface area contributed by atoms with Crippen molar-refractivity contribution in [1.82, 2.24) is 0 Å². The van der Waals surface area contributed by atoms with Gasteiger partial charge in [-0.25, -0.2) is 0 Å². The van der Waals surface area contributed by atoms with Crippen LogP contribution in [0.4, 0.5) is 0 Å². The smallest absolute Gasteiger partial charge is 0.0235 e. The number of allylic oxidation sites excluding steroid dienone is 1. The van der Waals surface area contributed by atoms with Crippen molar-refractivity contribution in [3.63, 3.8) is 0 Å². The normalized spacial score (nSPS) is 14.6. The summed E-state index contributed by atoms with van der Waals surface area (Å²) in [5.74, 6) is 0. The van der Waals surface area contributed by atoms with E-state index < -0.39 is 0 Å². The van der Waals surface area contributed by atoms with Crippen molar-refractivity contribution in [3.8, 4) is 0 Å². The van der Waals surface area contributed by atoms with Gasteiger partial charge < -0.3 is 11.5 Å². The average Bonchev–Trinajstić information content (AvgIpc) is 1.85. The summed E-state index contributed by atoms with van der Waals surface area (Å²) in [6.07, 6.45) is 6.02. The summed E-state index contributed by atoms with van der Waals surface area (Å²) in [7, 11) is 0. The summed E-state index contributed by atoms with van der Waals surface area (Å²) in [5, 5.41) is 0. The molecule has 2 heteroatoms. The minimum atomic E-state index is 0.162. The lowest BCUT2D eigenvalue weighted by atomic mass is 10.2. The molecule has 0 aromatic rings. The molecule has 4 N–H and O–H groups in total. The topological polar surface area (TPSA) is 52.0 Å². The maximum Gasteiger partial charge on any atom is 0.0235 e. The number of nitrogens with two attached hydrogens (primary N) is 2. The zero-order valence-corrected chi connectivity index (χ0v) is 6.01. The first-order valence-corrected chi connectivity index (χ1v) is 3.43. The molecule has 54 valence electrons. The van der Waals surface area contributed by atoms with Crippen molar-refractivity contribution in [1.29, 1.82) is 0 Å². The second-order valence-electron chi connectivity index (χ2n) is 2.08. The van der Waals surface area contributed by atoms with Crippen LogP contribution in [0.2, 0.25) is 0 Å². The lowest BCUT2D eigenvalue weighted by Crippen LogP contribution is -2.20. The minimum absolute atomic E-state index is 0.162. The number of hydrogen-bond acceptors (Lipinski definition) is 2. The molecular weight excluding hydrogens is 112 g/mol. The molecule has 0 amide bonds. The van der Waals surface area contributed by atoms with Gasteiger partial charge >= 0.3 is 0 Å². The summed E-state index contributed by atoms with van der Waals surface area (Å²) < 4.78 is 0. The van der Waals surface area contributed by atoms with Gasteiger partial charge in [-0.1, -0.05) is 19.1 Å². The molecule has 0 aliphatic heterocycles. The maximum absolute atomic E-state index is 5.60. The van der Waals surface area contributed by atoms with Crippen molar-refractivity contribution in [2.45, 2.75) is 25.8 Å². The highest BCUT2D eigenvalue weighted by Crippen LogP contribution is 1.88. The van der Waals surface area contributed by atoms with Gasteiger partial charge in [0.05, 0.1) is 0 Å². The van der Waals surface area contributed by atoms with Crippen molar-refractivity contribution in [3.05, 3.63) is 12.2 Å². The lowest BCUT2D eigenvalue weighted by Gasteiger charge is -2.01. The fourth-order valence-corrected chi connectivity index (χ4v) is 0.600. The van der Waals surface area contributed by atoms with Gasteiger partial charge in [0.1, 0.15) is 0 Å². The highest BCUT2D eigenvalue weighted by atomic mass is 14.6. The molecule has 0 rings (SSSR count). The van der Waals surface area contributed by atoms with Gasteiger partial charge in [-0.15, -0.1) is 0 Å². The van der Waals surface area contributed by atoms with Crippen LogP contribution in [0.5, 0.6) is 0 Å². The molecule has 0 aromatic carbocycles. The van der Waals surface area contributed by atoms with Gasteiger partial charge in [0.2, 0.25) is 0 Å². The van der Waals surface area contributed by atoms with Crippen LogP contribution in [0.25, 0.3) is 0 Å². The van der Waals surface area contributed by atoms with E-state index in [4.69, 9.17) is 11.5 Å². The van der Waals surface area contributed by atoms with Crippen LogP contribution in [0.1, 0.15) is 19.8 Å². The second kappa shape index (κ2) is 5.79. The lowest BCUT2D eigenvalue weighted by molar-refractivity contribution is 0.729. The molecule has 2 nitrogen and oxygen atoms in total. The first-order chi connectivity index (χ1) is 4.31. The van der Waals surface area contributed by atoms with Crippen molar-refractivity contribution in [2.75, 3.05) is 6.54 Å². The van der Waals surface area contributed by atoms with Gasteiger partial charge in [0.15, 0.2) is 0 Å². The minimum Gasteiger partial charge on any atom is -0.330 e. The van der Waals surface area contributed by atoms with E-state index in [0.717, 1.165) is 12.8 Å². The van der Waals surface area contributed by atoms with Crippen LogP contribution in [0.3, 0.4) is 0 Å². The van der Waals surface area contributed by atoms with Crippen LogP contribution < -0.4 is 11.5 Å². The van der Waals surface area contributed by atoms with Gasteiger partial charge in [-0.05, 0) is 19.4 Å². The third-order valence-electron chi connectivity index (χ3n) is 1.12. The largest absolute Gasteiger partial charge is 0.330 e. The Labute approximate surface area is 56.9 Å². The van der Waals surface area contributed by atoms with Gasteiger partial charge in [0.25, 0.3) is 0 Å². The monoisotopic (exact) mass is 128 g/mol. The summed E-state index contributed by atoms with van der Waals surface area (Å²) in [6, 6.07) is 0.162. The number of hydrogen-bond donors (Lipinski definition) is 2. The Morgan fingerprint density at radius 2 is 2.22 bits per heavy atom. The SMILES string of the molecule is CCC=CC(N)CCN. The highest BCUT2D eigenvalue weighted by molar-refractivity contribution is 4.90. The molecule has 0 saturated heterocycles. The Bertz CT molecular complexity index is 79.0. The standard InChI is InChI=1S/C7H16N2/c1-2-3-4-7(9)5-6-8/h3-4,7H,2,5-6,8-9H2,1H3. The third kappa shape index (κ3) is 5.53. The molecule has 0 aromatic heterocycles. The Morgan fingerprint density at radius 1 is 1.56 bits per heavy atom. The van der Waals surface area contributed by atoms with Crippen LogP contribution in [-0.4, -0.2) is 12.6 Å².